The van der Waals surface area contributed by atoms with E-state index in [0.717, 1.165) is 17.0 Å². The highest BCUT2D eigenvalue weighted by atomic mass is 35.5. The number of rotatable bonds is 6. The van der Waals surface area contributed by atoms with Crippen molar-refractivity contribution in [2.24, 2.45) is 0 Å². The third-order valence-electron chi connectivity index (χ3n) is 3.88. The van der Waals surface area contributed by atoms with Gasteiger partial charge >= 0.3 is 0 Å². The predicted octanol–water partition coefficient (Wildman–Crippen LogP) is 2.75. The average molecular weight is 466 g/mol. The number of carbonyl (C=O) groups is 3. The molecule has 0 aliphatic carbocycles. The maximum atomic E-state index is 12.4. The minimum atomic E-state index is -3.95. The summed E-state index contributed by atoms with van der Waals surface area (Å²) < 4.78 is 26.5. The molecule has 11 heteroatoms. The molecule has 0 aliphatic heterocycles. The standard InChI is InChI=1S/C19H16ClN3O5S2/c1-11(24)23-30(27,28)13-8-6-12(7-9-13)22-16(25)10-21-19(26)18-17(20)14-4-2-3-5-15(14)29-18/h2-9H,10H2,1H3,(H,21,26)(H,22,25)(H,23,24). The highest BCUT2D eigenvalue weighted by Gasteiger charge is 2.18. The molecule has 0 spiro atoms. The minimum Gasteiger partial charge on any atom is -0.342 e. The Balaban J connectivity index is 1.59. The van der Waals surface area contributed by atoms with E-state index in [2.05, 4.69) is 10.6 Å². The number of anilines is 1. The lowest BCUT2D eigenvalue weighted by Gasteiger charge is -2.08. The van der Waals surface area contributed by atoms with Gasteiger partial charge in [0.15, 0.2) is 0 Å². The lowest BCUT2D eigenvalue weighted by molar-refractivity contribution is -0.117. The SMILES string of the molecule is CC(=O)NS(=O)(=O)c1ccc(NC(=O)CNC(=O)c2sc3ccccc3c2Cl)cc1. The fourth-order valence-electron chi connectivity index (χ4n) is 2.57. The van der Waals surface area contributed by atoms with E-state index in [1.54, 1.807) is 0 Å². The molecule has 0 saturated carbocycles. The Kier molecular flexibility index (Phi) is 6.40. The van der Waals surface area contributed by atoms with E-state index in [4.69, 9.17) is 11.6 Å². The molecule has 156 valence electrons. The van der Waals surface area contributed by atoms with Gasteiger partial charge in [0.25, 0.3) is 15.9 Å². The minimum absolute atomic E-state index is 0.122. The van der Waals surface area contributed by atoms with Crippen molar-refractivity contribution in [2.45, 2.75) is 11.8 Å². The summed E-state index contributed by atoms with van der Waals surface area (Å²) in [6.45, 7) is 0.793. The van der Waals surface area contributed by atoms with Gasteiger partial charge in [-0.2, -0.15) is 0 Å². The third kappa shape index (κ3) is 4.96. The molecule has 3 amide bonds. The molecule has 0 atom stereocenters. The van der Waals surface area contributed by atoms with Gasteiger partial charge in [-0.1, -0.05) is 29.8 Å². The first-order chi connectivity index (χ1) is 14.2. The van der Waals surface area contributed by atoms with Crippen molar-refractivity contribution >= 4 is 66.5 Å². The van der Waals surface area contributed by atoms with Crippen LogP contribution in [0, 0.1) is 0 Å². The molecule has 3 aromatic rings. The van der Waals surface area contributed by atoms with Gasteiger partial charge in [-0.15, -0.1) is 11.3 Å². The molecule has 0 unspecified atom stereocenters. The number of hydrogen-bond donors (Lipinski definition) is 3. The number of benzene rings is 2. The van der Waals surface area contributed by atoms with Gasteiger partial charge in [-0.25, -0.2) is 13.1 Å². The van der Waals surface area contributed by atoms with Crippen molar-refractivity contribution in [3.8, 4) is 0 Å². The summed E-state index contributed by atoms with van der Waals surface area (Å²) in [4.78, 5) is 35.6. The number of fused-ring (bicyclic) bond motifs is 1. The molecule has 1 heterocycles. The number of thiophene rings is 1. The second kappa shape index (κ2) is 8.82. The van der Waals surface area contributed by atoms with Gasteiger partial charge in [0.2, 0.25) is 11.8 Å². The van der Waals surface area contributed by atoms with Crippen LogP contribution in [-0.4, -0.2) is 32.7 Å². The fourth-order valence-corrected chi connectivity index (χ4v) is 5.00. The maximum Gasteiger partial charge on any atom is 0.264 e. The molecular weight excluding hydrogens is 450 g/mol. The van der Waals surface area contributed by atoms with Crippen LogP contribution in [0.3, 0.4) is 0 Å². The Morgan fingerprint density at radius 3 is 2.33 bits per heavy atom. The zero-order valence-electron chi connectivity index (χ0n) is 15.6. The number of amides is 3. The molecule has 0 saturated heterocycles. The topological polar surface area (TPSA) is 121 Å². The number of nitrogens with one attached hydrogen (secondary N) is 3. The Hall–Kier alpha value is -2.95. The maximum absolute atomic E-state index is 12.4. The second-order valence-electron chi connectivity index (χ2n) is 6.16. The van der Waals surface area contributed by atoms with Gasteiger partial charge in [0.1, 0.15) is 4.88 Å². The molecule has 3 rings (SSSR count). The summed E-state index contributed by atoms with van der Waals surface area (Å²) in [6.07, 6.45) is 0. The largest absolute Gasteiger partial charge is 0.342 e. The van der Waals surface area contributed by atoms with E-state index in [9.17, 15) is 22.8 Å². The van der Waals surface area contributed by atoms with Crippen LogP contribution in [-0.2, 0) is 19.6 Å². The summed E-state index contributed by atoms with van der Waals surface area (Å²) in [5.74, 6) is -1.67. The first-order valence-corrected chi connectivity index (χ1v) is 11.2. The summed E-state index contributed by atoms with van der Waals surface area (Å²) in [5, 5.41) is 6.16. The van der Waals surface area contributed by atoms with Crippen molar-refractivity contribution in [3.05, 3.63) is 58.4 Å². The molecule has 0 radical (unpaired) electrons. The second-order valence-corrected chi connectivity index (χ2v) is 9.27. The summed E-state index contributed by atoms with van der Waals surface area (Å²) >= 11 is 7.49. The van der Waals surface area contributed by atoms with Crippen LogP contribution in [0.2, 0.25) is 5.02 Å². The first kappa shape index (κ1) is 21.8. The van der Waals surface area contributed by atoms with Crippen LogP contribution in [0.1, 0.15) is 16.6 Å². The van der Waals surface area contributed by atoms with Crippen molar-refractivity contribution in [1.29, 1.82) is 0 Å². The zero-order chi connectivity index (χ0) is 21.9. The number of carbonyl (C=O) groups excluding carboxylic acids is 3. The van der Waals surface area contributed by atoms with Gasteiger partial charge in [-0.05, 0) is 30.3 Å². The van der Waals surface area contributed by atoms with Crippen molar-refractivity contribution in [2.75, 3.05) is 11.9 Å². The Bertz CT molecular complexity index is 1240. The highest BCUT2D eigenvalue weighted by Crippen LogP contribution is 2.34. The zero-order valence-corrected chi connectivity index (χ0v) is 18.0. The Labute approximate surface area is 181 Å². The molecule has 0 aliphatic rings. The van der Waals surface area contributed by atoms with Crippen molar-refractivity contribution in [3.63, 3.8) is 0 Å². The van der Waals surface area contributed by atoms with E-state index >= 15 is 0 Å². The number of halogens is 1. The summed E-state index contributed by atoms with van der Waals surface area (Å²) in [6, 6.07) is 12.6. The van der Waals surface area contributed by atoms with Gasteiger partial charge in [0, 0.05) is 22.7 Å². The first-order valence-electron chi connectivity index (χ1n) is 8.56. The average Bonchev–Trinajstić information content (AvgIpc) is 3.03. The Morgan fingerprint density at radius 2 is 1.70 bits per heavy atom. The molecule has 8 nitrogen and oxygen atoms in total. The summed E-state index contributed by atoms with van der Waals surface area (Å²) in [7, 11) is -3.95. The Morgan fingerprint density at radius 1 is 1.03 bits per heavy atom. The van der Waals surface area contributed by atoms with E-state index in [1.165, 1.54) is 35.6 Å². The van der Waals surface area contributed by atoms with Crippen molar-refractivity contribution in [1.82, 2.24) is 10.0 Å². The normalized spacial score (nSPS) is 11.1. The van der Waals surface area contributed by atoms with Crippen LogP contribution in [0.25, 0.3) is 10.1 Å². The third-order valence-corrected chi connectivity index (χ3v) is 7.00. The summed E-state index contributed by atoms with van der Waals surface area (Å²) in [5.41, 5.74) is 0.330. The fraction of sp³-hybridized carbons (Fsp3) is 0.105. The van der Waals surface area contributed by atoms with Gasteiger partial charge in [0.05, 0.1) is 16.5 Å². The van der Waals surface area contributed by atoms with Crippen LogP contribution in [0.5, 0.6) is 0 Å². The van der Waals surface area contributed by atoms with E-state index in [0.29, 0.717) is 15.6 Å². The highest BCUT2D eigenvalue weighted by molar-refractivity contribution is 7.90. The quantitative estimate of drug-likeness (QED) is 0.516. The van der Waals surface area contributed by atoms with E-state index < -0.39 is 27.7 Å². The van der Waals surface area contributed by atoms with Crippen LogP contribution >= 0.6 is 22.9 Å². The smallest absolute Gasteiger partial charge is 0.264 e. The van der Waals surface area contributed by atoms with Gasteiger partial charge in [-0.3, -0.25) is 14.4 Å². The lowest BCUT2D eigenvalue weighted by Crippen LogP contribution is -2.32. The van der Waals surface area contributed by atoms with Crippen LogP contribution in [0.4, 0.5) is 5.69 Å². The van der Waals surface area contributed by atoms with E-state index in [-0.39, 0.29) is 11.4 Å². The molecule has 1 aromatic heterocycles. The molecule has 0 bridgehead atoms. The molecule has 30 heavy (non-hydrogen) atoms. The lowest BCUT2D eigenvalue weighted by atomic mass is 10.2. The molecular formula is C19H16ClN3O5S2. The van der Waals surface area contributed by atoms with Crippen molar-refractivity contribution < 1.29 is 22.8 Å². The van der Waals surface area contributed by atoms with Crippen LogP contribution in [0.15, 0.2) is 53.4 Å². The van der Waals surface area contributed by atoms with E-state index in [1.807, 2.05) is 29.0 Å². The molecule has 0 fully saturated rings. The predicted molar refractivity (Wildman–Crippen MR) is 115 cm³/mol. The molecule has 3 N–H and O–H groups in total. The molecule has 2 aromatic carbocycles. The monoisotopic (exact) mass is 465 g/mol. The van der Waals surface area contributed by atoms with Crippen LogP contribution < -0.4 is 15.4 Å². The number of sulfonamides is 1. The van der Waals surface area contributed by atoms with Gasteiger partial charge < -0.3 is 10.6 Å². The number of hydrogen-bond acceptors (Lipinski definition) is 6.